The number of rotatable bonds is 5. The van der Waals surface area contributed by atoms with Crippen LogP contribution in [0, 0.1) is 6.92 Å². The first-order chi connectivity index (χ1) is 14.2. The number of hydrogen-bond donors (Lipinski definition) is 1. The molecule has 156 valence electrons. The number of benzene rings is 1. The predicted molar refractivity (Wildman–Crippen MR) is 121 cm³/mol. The fourth-order valence-corrected chi connectivity index (χ4v) is 3.66. The molecule has 2 amide bonds. The number of carbonyl (C=O) groups is 2. The quantitative estimate of drug-likeness (QED) is 0.524. The van der Waals surface area contributed by atoms with Gasteiger partial charge in [0.2, 0.25) is 0 Å². The zero-order valence-electron chi connectivity index (χ0n) is 16.4. The number of nitrogens with zero attached hydrogens (tertiary/aromatic N) is 4. The molecule has 2 aromatic heterocycles. The van der Waals surface area contributed by atoms with Crippen LogP contribution in [-0.2, 0) is 0 Å². The predicted octanol–water partition coefficient (Wildman–Crippen LogP) is 4.99. The monoisotopic (exact) mass is 509 g/mol. The van der Waals surface area contributed by atoms with Crippen LogP contribution in [-0.4, -0.2) is 45.1 Å². The molecule has 2 heterocycles. The van der Waals surface area contributed by atoms with Crippen LogP contribution in [0.5, 0.6) is 0 Å². The molecule has 0 atom stereocenters. The zero-order valence-corrected chi connectivity index (χ0v) is 19.5. The highest BCUT2D eigenvalue weighted by molar-refractivity contribution is 9.10. The first kappa shape index (κ1) is 22.3. The van der Waals surface area contributed by atoms with Gasteiger partial charge in [-0.2, -0.15) is 5.10 Å². The van der Waals surface area contributed by atoms with E-state index in [2.05, 4.69) is 31.3 Å². The van der Waals surface area contributed by atoms with Gasteiger partial charge in [-0.15, -0.1) is 0 Å². The maximum atomic E-state index is 13.2. The largest absolute Gasteiger partial charge is 0.342 e. The molecular weight excluding hydrogens is 493 g/mol. The van der Waals surface area contributed by atoms with Crippen molar-refractivity contribution in [1.82, 2.24) is 19.7 Å². The van der Waals surface area contributed by atoms with E-state index < -0.39 is 5.91 Å². The van der Waals surface area contributed by atoms with E-state index in [0.29, 0.717) is 43.8 Å². The maximum absolute atomic E-state index is 13.2. The number of pyridine rings is 1. The van der Waals surface area contributed by atoms with Gasteiger partial charge >= 0.3 is 0 Å². The number of anilines is 1. The van der Waals surface area contributed by atoms with Gasteiger partial charge in [0, 0.05) is 30.9 Å². The van der Waals surface area contributed by atoms with Crippen molar-refractivity contribution in [2.45, 2.75) is 13.8 Å². The van der Waals surface area contributed by atoms with Crippen LogP contribution >= 0.6 is 39.1 Å². The van der Waals surface area contributed by atoms with Crippen molar-refractivity contribution in [3.8, 4) is 5.82 Å². The summed E-state index contributed by atoms with van der Waals surface area (Å²) in [6, 6.07) is 8.11. The van der Waals surface area contributed by atoms with Gasteiger partial charge < -0.3 is 10.2 Å². The smallest absolute Gasteiger partial charge is 0.274 e. The third kappa shape index (κ3) is 4.50. The van der Waals surface area contributed by atoms with E-state index in [-0.39, 0.29) is 11.6 Å². The summed E-state index contributed by atoms with van der Waals surface area (Å²) in [6.07, 6.45) is 1.55. The van der Waals surface area contributed by atoms with Crippen LogP contribution in [0.25, 0.3) is 5.82 Å². The van der Waals surface area contributed by atoms with E-state index >= 15 is 0 Å². The molecule has 0 saturated carbocycles. The molecule has 1 aromatic carbocycles. The average Bonchev–Trinajstić information content (AvgIpc) is 3.10. The number of nitrogens with one attached hydrogen (secondary N) is 1. The molecular formula is C20H18BrCl2N5O2. The summed E-state index contributed by atoms with van der Waals surface area (Å²) >= 11 is 15.7. The van der Waals surface area contributed by atoms with Crippen molar-refractivity contribution in [3.05, 3.63) is 68.0 Å². The standard InChI is InChI=1S/C20H18BrCl2N5O2/c1-4-27(3)20(30)13-9-12(22)8-11(2)17(13)25-19(29)15-10-16(21)26-28(15)18-14(23)6-5-7-24-18/h5-10H,4H2,1-3H3,(H,25,29). The van der Waals surface area contributed by atoms with Crippen molar-refractivity contribution < 1.29 is 9.59 Å². The van der Waals surface area contributed by atoms with Gasteiger partial charge in [0.1, 0.15) is 10.3 Å². The second kappa shape index (κ2) is 9.16. The van der Waals surface area contributed by atoms with E-state index in [1.165, 1.54) is 9.58 Å². The summed E-state index contributed by atoms with van der Waals surface area (Å²) in [7, 11) is 1.68. The first-order valence-corrected chi connectivity index (χ1v) is 10.5. The molecule has 7 nitrogen and oxygen atoms in total. The van der Waals surface area contributed by atoms with E-state index in [1.54, 1.807) is 50.5 Å². The summed E-state index contributed by atoms with van der Waals surface area (Å²) < 4.78 is 1.77. The molecule has 0 spiro atoms. The highest BCUT2D eigenvalue weighted by Crippen LogP contribution is 2.28. The Bertz CT molecular complexity index is 1130. The Balaban J connectivity index is 2.04. The topological polar surface area (TPSA) is 80.1 Å². The third-order valence-electron chi connectivity index (χ3n) is 4.44. The molecule has 30 heavy (non-hydrogen) atoms. The summed E-state index contributed by atoms with van der Waals surface area (Å²) in [5.41, 5.74) is 1.54. The minimum Gasteiger partial charge on any atom is -0.342 e. The van der Waals surface area contributed by atoms with Gasteiger partial charge in [0.25, 0.3) is 11.8 Å². The highest BCUT2D eigenvalue weighted by Gasteiger charge is 2.23. The van der Waals surface area contributed by atoms with Crippen molar-refractivity contribution in [2.24, 2.45) is 0 Å². The van der Waals surface area contributed by atoms with E-state index in [1.807, 2.05) is 6.92 Å². The minimum atomic E-state index is -0.478. The Labute approximate surface area is 192 Å². The lowest BCUT2D eigenvalue weighted by atomic mass is 10.1. The second-order valence-electron chi connectivity index (χ2n) is 6.49. The average molecular weight is 511 g/mol. The highest BCUT2D eigenvalue weighted by atomic mass is 79.9. The van der Waals surface area contributed by atoms with Crippen LogP contribution in [0.3, 0.4) is 0 Å². The Morgan fingerprint density at radius 2 is 2.00 bits per heavy atom. The lowest BCUT2D eigenvalue weighted by Crippen LogP contribution is -2.28. The number of amides is 2. The van der Waals surface area contributed by atoms with Crippen molar-refractivity contribution in [2.75, 3.05) is 18.9 Å². The Morgan fingerprint density at radius 3 is 2.67 bits per heavy atom. The minimum absolute atomic E-state index is 0.194. The number of aryl methyl sites for hydroxylation is 1. The molecule has 0 aliphatic heterocycles. The van der Waals surface area contributed by atoms with Crippen molar-refractivity contribution in [3.63, 3.8) is 0 Å². The molecule has 0 saturated heterocycles. The molecule has 0 bridgehead atoms. The van der Waals surface area contributed by atoms with Gasteiger partial charge in [0.15, 0.2) is 5.82 Å². The molecule has 0 radical (unpaired) electrons. The lowest BCUT2D eigenvalue weighted by Gasteiger charge is -2.19. The van der Waals surface area contributed by atoms with Gasteiger partial charge in [0.05, 0.1) is 16.3 Å². The van der Waals surface area contributed by atoms with Gasteiger partial charge in [-0.05, 0) is 59.6 Å². The van der Waals surface area contributed by atoms with Gasteiger partial charge in [-0.3, -0.25) is 9.59 Å². The maximum Gasteiger partial charge on any atom is 0.274 e. The fourth-order valence-electron chi connectivity index (χ4n) is 2.81. The first-order valence-electron chi connectivity index (χ1n) is 8.96. The van der Waals surface area contributed by atoms with Crippen LogP contribution in [0.15, 0.2) is 41.1 Å². The molecule has 0 aliphatic carbocycles. The van der Waals surface area contributed by atoms with Gasteiger partial charge in [-0.1, -0.05) is 23.2 Å². The fraction of sp³-hybridized carbons (Fsp3) is 0.200. The van der Waals surface area contributed by atoms with Gasteiger partial charge in [-0.25, -0.2) is 9.67 Å². The Kier molecular flexibility index (Phi) is 6.80. The summed E-state index contributed by atoms with van der Waals surface area (Å²) in [4.78, 5) is 31.7. The molecule has 0 unspecified atom stereocenters. The number of hydrogen-bond acceptors (Lipinski definition) is 4. The third-order valence-corrected chi connectivity index (χ3v) is 5.34. The molecule has 0 fully saturated rings. The number of halogens is 3. The molecule has 3 rings (SSSR count). The summed E-state index contributed by atoms with van der Waals surface area (Å²) in [5.74, 6) is -0.417. The molecule has 3 aromatic rings. The Hall–Kier alpha value is -2.42. The van der Waals surface area contributed by atoms with E-state index in [9.17, 15) is 9.59 Å². The van der Waals surface area contributed by atoms with Crippen molar-refractivity contribution >= 4 is 56.6 Å². The Morgan fingerprint density at radius 1 is 1.27 bits per heavy atom. The van der Waals surface area contributed by atoms with Crippen LogP contribution < -0.4 is 5.32 Å². The van der Waals surface area contributed by atoms with Crippen molar-refractivity contribution in [1.29, 1.82) is 0 Å². The lowest BCUT2D eigenvalue weighted by molar-refractivity contribution is 0.0803. The molecule has 1 N–H and O–H groups in total. The molecule has 10 heteroatoms. The van der Waals surface area contributed by atoms with Crippen LogP contribution in [0.1, 0.15) is 33.3 Å². The summed E-state index contributed by atoms with van der Waals surface area (Å²) in [5, 5.41) is 7.84. The van der Waals surface area contributed by atoms with Crippen LogP contribution in [0.2, 0.25) is 10.0 Å². The number of carbonyl (C=O) groups excluding carboxylic acids is 2. The van der Waals surface area contributed by atoms with E-state index in [0.717, 1.165) is 0 Å². The normalized spacial score (nSPS) is 10.7. The SMILES string of the molecule is CCN(C)C(=O)c1cc(Cl)cc(C)c1NC(=O)c1cc(Br)nn1-c1ncccc1Cl. The molecule has 0 aliphatic rings. The van der Waals surface area contributed by atoms with E-state index in [4.69, 9.17) is 23.2 Å². The number of aromatic nitrogens is 3. The summed E-state index contributed by atoms with van der Waals surface area (Å²) in [6.45, 7) is 4.14. The zero-order chi connectivity index (χ0) is 22.0. The van der Waals surface area contributed by atoms with Crippen LogP contribution in [0.4, 0.5) is 5.69 Å². The second-order valence-corrected chi connectivity index (χ2v) is 8.15.